The van der Waals surface area contributed by atoms with Gasteiger partial charge in [0, 0.05) is 17.8 Å². The highest BCUT2D eigenvalue weighted by atomic mass is 16.5. The molecule has 3 heteroatoms. The third-order valence-electron chi connectivity index (χ3n) is 4.83. The first-order chi connectivity index (χ1) is 13.2. The van der Waals surface area contributed by atoms with E-state index in [0.717, 1.165) is 35.3 Å². The molecule has 0 aliphatic carbocycles. The molecule has 1 aromatic heterocycles. The largest absolute Gasteiger partial charge is 0.466 e. The maximum Gasteiger partial charge on any atom is 0.310 e. The van der Waals surface area contributed by atoms with Gasteiger partial charge in [-0.3, -0.25) is 4.79 Å². The predicted octanol–water partition coefficient (Wildman–Crippen LogP) is 5.65. The van der Waals surface area contributed by atoms with Gasteiger partial charge in [0.15, 0.2) is 0 Å². The number of hydrogen-bond donors (Lipinski definition) is 0. The van der Waals surface area contributed by atoms with E-state index in [2.05, 4.69) is 54.8 Å². The van der Waals surface area contributed by atoms with E-state index in [-0.39, 0.29) is 5.97 Å². The summed E-state index contributed by atoms with van der Waals surface area (Å²) in [5.74, 6) is -0.175. The molecule has 0 radical (unpaired) electrons. The van der Waals surface area contributed by atoms with Crippen LogP contribution in [0.4, 0.5) is 0 Å². The Kier molecular flexibility index (Phi) is 6.12. The molecule has 27 heavy (non-hydrogen) atoms. The summed E-state index contributed by atoms with van der Waals surface area (Å²) < 4.78 is 7.61. The van der Waals surface area contributed by atoms with E-state index in [1.807, 2.05) is 31.2 Å². The van der Waals surface area contributed by atoms with Gasteiger partial charge in [-0.05, 0) is 37.0 Å². The lowest BCUT2D eigenvalue weighted by Gasteiger charge is -2.13. The van der Waals surface area contributed by atoms with Gasteiger partial charge in [-0.25, -0.2) is 0 Å². The summed E-state index contributed by atoms with van der Waals surface area (Å²) in [6.45, 7) is 7.46. The van der Waals surface area contributed by atoms with Gasteiger partial charge < -0.3 is 9.30 Å². The average molecular weight is 361 g/mol. The first-order valence-corrected chi connectivity index (χ1v) is 9.65. The van der Waals surface area contributed by atoms with Gasteiger partial charge in [-0.2, -0.15) is 0 Å². The third kappa shape index (κ3) is 3.97. The zero-order valence-corrected chi connectivity index (χ0v) is 16.4. The van der Waals surface area contributed by atoms with Gasteiger partial charge in [0.05, 0.1) is 18.7 Å². The minimum atomic E-state index is -0.175. The zero-order valence-electron chi connectivity index (χ0n) is 16.4. The fourth-order valence-electron chi connectivity index (χ4n) is 3.68. The number of esters is 1. The highest BCUT2D eigenvalue weighted by Gasteiger charge is 2.24. The molecule has 0 aliphatic rings. The summed E-state index contributed by atoms with van der Waals surface area (Å²) in [6, 6.07) is 20.8. The molecule has 0 saturated carbocycles. The molecule has 3 nitrogen and oxygen atoms in total. The number of carbonyl (C=O) groups excluding carboxylic acids is 1. The zero-order chi connectivity index (χ0) is 19.2. The quantitative estimate of drug-likeness (QED) is 0.510. The summed E-state index contributed by atoms with van der Waals surface area (Å²) in [4.78, 5) is 12.3. The normalized spacial score (nSPS) is 10.8. The number of carbonyl (C=O) groups is 1. The van der Waals surface area contributed by atoms with Crippen LogP contribution in [0.15, 0.2) is 60.7 Å². The number of benzene rings is 2. The van der Waals surface area contributed by atoms with Crippen molar-refractivity contribution in [1.82, 2.24) is 4.57 Å². The molecule has 0 fully saturated rings. The third-order valence-corrected chi connectivity index (χ3v) is 4.83. The highest BCUT2D eigenvalue weighted by molar-refractivity contribution is 5.88. The van der Waals surface area contributed by atoms with Crippen molar-refractivity contribution in [2.75, 3.05) is 6.61 Å². The van der Waals surface area contributed by atoms with E-state index in [1.54, 1.807) is 0 Å². The van der Waals surface area contributed by atoms with Crippen LogP contribution in [0, 0.1) is 6.92 Å². The summed E-state index contributed by atoms with van der Waals surface area (Å²) in [5.41, 5.74) is 6.83. The van der Waals surface area contributed by atoms with Crippen LogP contribution >= 0.6 is 0 Å². The Morgan fingerprint density at radius 3 is 2.07 bits per heavy atom. The highest BCUT2D eigenvalue weighted by Crippen LogP contribution is 2.39. The van der Waals surface area contributed by atoms with Crippen LogP contribution in [0.1, 0.15) is 31.5 Å². The van der Waals surface area contributed by atoms with Crippen molar-refractivity contribution in [1.29, 1.82) is 0 Å². The maximum atomic E-state index is 12.3. The smallest absolute Gasteiger partial charge is 0.310 e. The molecule has 3 rings (SSSR count). The van der Waals surface area contributed by atoms with E-state index in [9.17, 15) is 4.79 Å². The fourth-order valence-corrected chi connectivity index (χ4v) is 3.68. The lowest BCUT2D eigenvalue weighted by Crippen LogP contribution is -2.09. The van der Waals surface area contributed by atoms with Crippen LogP contribution in [0.3, 0.4) is 0 Å². The van der Waals surface area contributed by atoms with Crippen LogP contribution in [-0.2, 0) is 22.5 Å². The van der Waals surface area contributed by atoms with Crippen molar-refractivity contribution in [3.8, 4) is 22.4 Å². The predicted molar refractivity (Wildman–Crippen MR) is 111 cm³/mol. The Balaban J connectivity index is 2.28. The maximum absolute atomic E-state index is 12.3. The fraction of sp³-hybridized carbons (Fsp3) is 0.292. The Morgan fingerprint density at radius 1 is 0.926 bits per heavy atom. The minimum Gasteiger partial charge on any atom is -0.466 e. The van der Waals surface area contributed by atoms with Crippen LogP contribution in [-0.4, -0.2) is 17.1 Å². The molecule has 0 amide bonds. The number of rotatable bonds is 7. The molecular weight excluding hydrogens is 334 g/mol. The van der Waals surface area contributed by atoms with Gasteiger partial charge in [0.2, 0.25) is 0 Å². The number of aromatic nitrogens is 1. The Labute approximate surface area is 161 Å². The Morgan fingerprint density at radius 2 is 1.52 bits per heavy atom. The van der Waals surface area contributed by atoms with Crippen molar-refractivity contribution in [2.45, 2.75) is 40.2 Å². The van der Waals surface area contributed by atoms with E-state index in [1.165, 1.54) is 11.3 Å². The van der Waals surface area contributed by atoms with E-state index in [0.29, 0.717) is 13.0 Å². The standard InChI is InChI=1S/C24H27NO2/c1-4-16-25-18(3)21(17-22(26)27-5-2)23(19-12-8-6-9-13-19)24(25)20-14-10-7-11-15-20/h6-15H,4-5,16-17H2,1-3H3. The van der Waals surface area contributed by atoms with Gasteiger partial charge >= 0.3 is 5.97 Å². The summed E-state index contributed by atoms with van der Waals surface area (Å²) >= 11 is 0. The molecule has 0 bridgehead atoms. The molecule has 0 N–H and O–H groups in total. The van der Waals surface area contributed by atoms with E-state index >= 15 is 0 Å². The molecule has 140 valence electrons. The van der Waals surface area contributed by atoms with Crippen LogP contribution in [0.2, 0.25) is 0 Å². The molecule has 0 aliphatic heterocycles. The van der Waals surface area contributed by atoms with Crippen molar-refractivity contribution < 1.29 is 9.53 Å². The molecule has 0 atom stereocenters. The van der Waals surface area contributed by atoms with Crippen molar-refractivity contribution >= 4 is 5.97 Å². The number of hydrogen-bond acceptors (Lipinski definition) is 2. The summed E-state index contributed by atoms with van der Waals surface area (Å²) in [6.07, 6.45) is 1.32. The monoisotopic (exact) mass is 361 g/mol. The molecule has 0 saturated heterocycles. The van der Waals surface area contributed by atoms with Crippen LogP contribution < -0.4 is 0 Å². The molecule has 1 heterocycles. The van der Waals surface area contributed by atoms with Crippen LogP contribution in [0.25, 0.3) is 22.4 Å². The van der Waals surface area contributed by atoms with Gasteiger partial charge in [-0.15, -0.1) is 0 Å². The molecular formula is C24H27NO2. The molecule has 3 aromatic rings. The van der Waals surface area contributed by atoms with Gasteiger partial charge in [-0.1, -0.05) is 67.6 Å². The van der Waals surface area contributed by atoms with Gasteiger partial charge in [0.25, 0.3) is 0 Å². The second-order valence-electron chi connectivity index (χ2n) is 6.65. The molecule has 2 aromatic carbocycles. The Bertz CT molecular complexity index is 895. The minimum absolute atomic E-state index is 0.175. The number of ether oxygens (including phenoxy) is 1. The topological polar surface area (TPSA) is 31.2 Å². The molecule has 0 unspecified atom stereocenters. The first-order valence-electron chi connectivity index (χ1n) is 9.65. The second kappa shape index (κ2) is 8.72. The second-order valence-corrected chi connectivity index (χ2v) is 6.65. The van der Waals surface area contributed by atoms with Crippen molar-refractivity contribution in [3.63, 3.8) is 0 Å². The first kappa shape index (κ1) is 19.0. The SMILES string of the molecule is CCCn1c(C)c(CC(=O)OCC)c(-c2ccccc2)c1-c1ccccc1. The Hall–Kier alpha value is -2.81. The lowest BCUT2D eigenvalue weighted by atomic mass is 9.95. The number of nitrogens with zero attached hydrogens (tertiary/aromatic N) is 1. The average Bonchev–Trinajstić information content (AvgIpc) is 2.96. The lowest BCUT2D eigenvalue weighted by molar-refractivity contribution is -0.142. The molecule has 0 spiro atoms. The van der Waals surface area contributed by atoms with Gasteiger partial charge in [0.1, 0.15) is 0 Å². The van der Waals surface area contributed by atoms with E-state index in [4.69, 9.17) is 4.74 Å². The van der Waals surface area contributed by atoms with Crippen molar-refractivity contribution in [3.05, 3.63) is 71.9 Å². The summed E-state index contributed by atoms with van der Waals surface area (Å²) in [7, 11) is 0. The van der Waals surface area contributed by atoms with Crippen molar-refractivity contribution in [2.24, 2.45) is 0 Å². The summed E-state index contributed by atoms with van der Waals surface area (Å²) in [5, 5.41) is 0. The van der Waals surface area contributed by atoms with E-state index < -0.39 is 0 Å². The van der Waals surface area contributed by atoms with Crippen LogP contribution in [0.5, 0.6) is 0 Å².